The predicted octanol–water partition coefficient (Wildman–Crippen LogP) is 2.57. The first-order valence-electron chi connectivity index (χ1n) is 8.50. The average molecular weight is 331 g/mol. The molecule has 0 radical (unpaired) electrons. The van der Waals surface area contributed by atoms with Gasteiger partial charge in [0, 0.05) is 18.8 Å². The second-order valence-corrected chi connectivity index (χ2v) is 7.48. The summed E-state index contributed by atoms with van der Waals surface area (Å²) >= 11 is 0. The third kappa shape index (κ3) is 3.59. The van der Waals surface area contributed by atoms with Crippen molar-refractivity contribution in [2.45, 2.75) is 53.0 Å². The van der Waals surface area contributed by atoms with Gasteiger partial charge < -0.3 is 10.6 Å². The molecular formula is C18H29N5O. The standard InChI is InChI=1S/C18H29N5O/c1-11(2)14-10-13(17(24)20-9-8-19-7)15-12(3)22-23(16(15)21-14)18(4,5)6/h10-11,19H,8-9H2,1-7H3,(H,20,24). The highest BCUT2D eigenvalue weighted by molar-refractivity contribution is 6.06. The molecule has 2 aromatic heterocycles. The molecule has 0 unspecified atom stereocenters. The van der Waals surface area contributed by atoms with Crippen molar-refractivity contribution in [2.75, 3.05) is 20.1 Å². The molecule has 6 heteroatoms. The van der Waals surface area contributed by atoms with Gasteiger partial charge in [-0.2, -0.15) is 5.10 Å². The predicted molar refractivity (Wildman–Crippen MR) is 97.6 cm³/mol. The molecule has 2 heterocycles. The van der Waals surface area contributed by atoms with Gasteiger partial charge in [0.05, 0.1) is 22.2 Å². The van der Waals surface area contributed by atoms with Crippen molar-refractivity contribution >= 4 is 16.9 Å². The van der Waals surface area contributed by atoms with Crippen LogP contribution in [0.2, 0.25) is 0 Å². The number of nitrogens with zero attached hydrogens (tertiary/aromatic N) is 3. The lowest BCUT2D eigenvalue weighted by atomic mass is 10.0. The van der Waals surface area contributed by atoms with Crippen molar-refractivity contribution in [2.24, 2.45) is 0 Å². The first kappa shape index (κ1) is 18.4. The lowest BCUT2D eigenvalue weighted by Crippen LogP contribution is -2.30. The van der Waals surface area contributed by atoms with Gasteiger partial charge in [0.15, 0.2) is 5.65 Å². The number of fused-ring (bicyclic) bond motifs is 1. The zero-order valence-corrected chi connectivity index (χ0v) is 15.8. The molecule has 0 saturated heterocycles. The van der Waals surface area contributed by atoms with Crippen LogP contribution in [0.15, 0.2) is 6.07 Å². The van der Waals surface area contributed by atoms with E-state index in [2.05, 4.69) is 50.4 Å². The monoisotopic (exact) mass is 331 g/mol. The molecule has 0 aliphatic rings. The summed E-state index contributed by atoms with van der Waals surface area (Å²) in [5.41, 5.74) is 2.99. The van der Waals surface area contributed by atoms with E-state index in [0.717, 1.165) is 29.0 Å². The van der Waals surface area contributed by atoms with Crippen LogP contribution < -0.4 is 10.6 Å². The van der Waals surface area contributed by atoms with Crippen LogP contribution in [0.1, 0.15) is 62.3 Å². The zero-order chi connectivity index (χ0) is 18.1. The molecule has 0 fully saturated rings. The quantitative estimate of drug-likeness (QED) is 0.826. The Morgan fingerprint density at radius 3 is 2.50 bits per heavy atom. The van der Waals surface area contributed by atoms with Crippen LogP contribution in [0, 0.1) is 6.92 Å². The van der Waals surface area contributed by atoms with Gasteiger partial charge in [-0.25, -0.2) is 9.67 Å². The summed E-state index contributed by atoms with van der Waals surface area (Å²) in [4.78, 5) is 17.5. The van der Waals surface area contributed by atoms with Crippen molar-refractivity contribution in [1.29, 1.82) is 0 Å². The molecule has 0 spiro atoms. The highest BCUT2D eigenvalue weighted by Gasteiger charge is 2.25. The highest BCUT2D eigenvalue weighted by Crippen LogP contribution is 2.28. The van der Waals surface area contributed by atoms with Crippen molar-refractivity contribution in [1.82, 2.24) is 25.4 Å². The lowest BCUT2D eigenvalue weighted by molar-refractivity contribution is 0.0955. The van der Waals surface area contributed by atoms with Gasteiger partial charge in [0.1, 0.15) is 0 Å². The van der Waals surface area contributed by atoms with E-state index < -0.39 is 0 Å². The number of rotatable bonds is 5. The van der Waals surface area contributed by atoms with Crippen LogP contribution in [0.5, 0.6) is 0 Å². The minimum absolute atomic E-state index is 0.0730. The van der Waals surface area contributed by atoms with Gasteiger partial charge in [0.25, 0.3) is 5.91 Å². The molecule has 1 amide bonds. The summed E-state index contributed by atoms with van der Waals surface area (Å²) in [6, 6.07) is 1.91. The Hall–Kier alpha value is -1.95. The summed E-state index contributed by atoms with van der Waals surface area (Å²) in [7, 11) is 1.87. The van der Waals surface area contributed by atoms with Gasteiger partial charge in [-0.1, -0.05) is 13.8 Å². The van der Waals surface area contributed by atoms with Crippen molar-refractivity contribution in [3.63, 3.8) is 0 Å². The van der Waals surface area contributed by atoms with Crippen molar-refractivity contribution in [3.05, 3.63) is 23.0 Å². The number of carbonyl (C=O) groups excluding carboxylic acids is 1. The fourth-order valence-corrected chi connectivity index (χ4v) is 2.65. The van der Waals surface area contributed by atoms with E-state index in [1.165, 1.54) is 0 Å². The smallest absolute Gasteiger partial charge is 0.252 e. The van der Waals surface area contributed by atoms with Crippen LogP contribution in [-0.2, 0) is 5.54 Å². The number of amides is 1. The van der Waals surface area contributed by atoms with Crippen molar-refractivity contribution < 1.29 is 4.79 Å². The summed E-state index contributed by atoms with van der Waals surface area (Å²) in [6.07, 6.45) is 0. The molecule has 2 rings (SSSR count). The molecular weight excluding hydrogens is 302 g/mol. The third-order valence-corrected chi connectivity index (χ3v) is 3.96. The lowest BCUT2D eigenvalue weighted by Gasteiger charge is -2.20. The van der Waals surface area contributed by atoms with E-state index >= 15 is 0 Å². The number of carbonyl (C=O) groups is 1. The van der Waals surface area contributed by atoms with E-state index in [1.54, 1.807) is 0 Å². The minimum atomic E-state index is -0.199. The largest absolute Gasteiger partial charge is 0.351 e. The van der Waals surface area contributed by atoms with Gasteiger partial charge in [-0.05, 0) is 46.7 Å². The molecule has 0 aliphatic heterocycles. The van der Waals surface area contributed by atoms with E-state index in [4.69, 9.17) is 4.98 Å². The third-order valence-electron chi connectivity index (χ3n) is 3.96. The molecule has 0 saturated carbocycles. The van der Waals surface area contributed by atoms with Gasteiger partial charge in [-0.15, -0.1) is 0 Å². The SMILES string of the molecule is CNCCNC(=O)c1cc(C(C)C)nc2c1c(C)nn2C(C)(C)C. The van der Waals surface area contributed by atoms with Gasteiger partial charge in [-0.3, -0.25) is 4.79 Å². The summed E-state index contributed by atoms with van der Waals surface area (Å²) < 4.78 is 1.92. The van der Waals surface area contributed by atoms with E-state index in [9.17, 15) is 4.79 Å². The molecule has 2 N–H and O–H groups in total. The average Bonchev–Trinajstić information content (AvgIpc) is 2.84. The first-order valence-corrected chi connectivity index (χ1v) is 8.50. The Morgan fingerprint density at radius 2 is 1.96 bits per heavy atom. The van der Waals surface area contributed by atoms with E-state index in [-0.39, 0.29) is 17.4 Å². The Balaban J connectivity index is 2.65. The molecule has 0 bridgehead atoms. The molecule has 6 nitrogen and oxygen atoms in total. The Labute approximate surface area is 144 Å². The summed E-state index contributed by atoms with van der Waals surface area (Å²) in [5.74, 6) is 0.165. The Morgan fingerprint density at radius 1 is 1.29 bits per heavy atom. The van der Waals surface area contributed by atoms with Gasteiger partial charge in [0.2, 0.25) is 0 Å². The van der Waals surface area contributed by atoms with Crippen LogP contribution in [0.3, 0.4) is 0 Å². The number of hydrogen-bond acceptors (Lipinski definition) is 4. The maximum absolute atomic E-state index is 12.7. The second-order valence-electron chi connectivity index (χ2n) is 7.48. The number of likely N-dealkylation sites (N-methyl/N-ethyl adjacent to an activating group) is 1. The first-order chi connectivity index (χ1) is 11.2. The normalized spacial score (nSPS) is 12.2. The maximum Gasteiger partial charge on any atom is 0.252 e. The highest BCUT2D eigenvalue weighted by atomic mass is 16.1. The zero-order valence-electron chi connectivity index (χ0n) is 15.8. The summed E-state index contributed by atoms with van der Waals surface area (Å²) in [6.45, 7) is 13.7. The molecule has 0 aromatic carbocycles. The summed E-state index contributed by atoms with van der Waals surface area (Å²) in [5, 5.41) is 11.5. The topological polar surface area (TPSA) is 71.8 Å². The number of pyridine rings is 1. The molecule has 132 valence electrons. The van der Waals surface area contributed by atoms with Crippen LogP contribution in [-0.4, -0.2) is 40.8 Å². The number of aryl methyl sites for hydroxylation is 1. The fourth-order valence-electron chi connectivity index (χ4n) is 2.65. The van der Waals surface area contributed by atoms with Gasteiger partial charge >= 0.3 is 0 Å². The van der Waals surface area contributed by atoms with E-state index in [1.807, 2.05) is 24.7 Å². The second kappa shape index (κ2) is 6.89. The van der Waals surface area contributed by atoms with Crippen LogP contribution in [0.25, 0.3) is 11.0 Å². The van der Waals surface area contributed by atoms with Crippen LogP contribution >= 0.6 is 0 Å². The maximum atomic E-state index is 12.7. The molecule has 24 heavy (non-hydrogen) atoms. The Bertz CT molecular complexity index is 740. The van der Waals surface area contributed by atoms with E-state index in [0.29, 0.717) is 12.1 Å². The van der Waals surface area contributed by atoms with Crippen LogP contribution in [0.4, 0.5) is 0 Å². The molecule has 0 aliphatic carbocycles. The fraction of sp³-hybridized carbons (Fsp3) is 0.611. The Kier molecular flexibility index (Phi) is 5.28. The number of nitrogens with one attached hydrogen (secondary N) is 2. The molecule has 2 aromatic rings. The number of hydrogen-bond donors (Lipinski definition) is 2. The van der Waals surface area contributed by atoms with Crippen molar-refractivity contribution in [3.8, 4) is 0 Å². The molecule has 0 atom stereocenters. The number of aromatic nitrogens is 3. The minimum Gasteiger partial charge on any atom is -0.351 e.